The lowest BCUT2D eigenvalue weighted by atomic mass is 9.68. The van der Waals surface area contributed by atoms with E-state index in [9.17, 15) is 21.6 Å². The molecule has 12 heteroatoms. The summed E-state index contributed by atoms with van der Waals surface area (Å²) in [5, 5.41) is 7.45. The minimum Gasteiger partial charge on any atom is -0.495 e. The van der Waals surface area contributed by atoms with Gasteiger partial charge in [-0.3, -0.25) is 4.90 Å². The number of benzene rings is 2. The fraction of sp³-hybridized carbons (Fsp3) is 0.543. The number of hydrogen-bond donors (Lipinski definition) is 2. The van der Waals surface area contributed by atoms with Gasteiger partial charge in [0, 0.05) is 66.7 Å². The Bertz CT molecular complexity index is 1770. The summed E-state index contributed by atoms with van der Waals surface area (Å²) in [6.07, 6.45) is 3.14. The van der Waals surface area contributed by atoms with Gasteiger partial charge in [0.15, 0.2) is 9.84 Å². The maximum Gasteiger partial charge on any atom is 0.406 e. The Morgan fingerprint density at radius 2 is 1.77 bits per heavy atom. The van der Waals surface area contributed by atoms with Gasteiger partial charge in [-0.2, -0.15) is 13.2 Å². The zero-order valence-electron chi connectivity index (χ0n) is 27.2. The van der Waals surface area contributed by atoms with Crippen molar-refractivity contribution in [3.05, 3.63) is 48.2 Å². The first-order chi connectivity index (χ1) is 22.3. The lowest BCUT2D eigenvalue weighted by molar-refractivity contribution is -0.140. The normalized spacial score (nSPS) is 23.1. The van der Waals surface area contributed by atoms with Crippen molar-refractivity contribution in [1.82, 2.24) is 9.47 Å². The van der Waals surface area contributed by atoms with Crippen LogP contribution in [0.5, 0.6) is 5.75 Å². The number of methoxy groups -OCH3 is 1. The number of hydrogen-bond acceptors (Lipinski definition) is 7. The van der Waals surface area contributed by atoms with Crippen LogP contribution in [0.15, 0.2) is 47.4 Å². The fourth-order valence-electron chi connectivity index (χ4n) is 7.37. The molecule has 2 saturated heterocycles. The second-order valence-corrected chi connectivity index (χ2v) is 15.7. The first-order valence-electron chi connectivity index (χ1n) is 16.2. The zero-order chi connectivity index (χ0) is 33.5. The molecule has 1 spiro atoms. The molecule has 3 aliphatic rings. The summed E-state index contributed by atoms with van der Waals surface area (Å²) in [6.45, 7) is 5.39. The molecule has 0 radical (unpaired) electrons. The molecule has 254 valence electrons. The Hall–Kier alpha value is -3.40. The molecule has 3 heterocycles. The Morgan fingerprint density at radius 3 is 2.43 bits per heavy atom. The van der Waals surface area contributed by atoms with Crippen LogP contribution in [0.3, 0.4) is 0 Å². The van der Waals surface area contributed by atoms with Gasteiger partial charge in [-0.25, -0.2) is 8.42 Å². The third-order valence-electron chi connectivity index (χ3n) is 10.3. The highest BCUT2D eigenvalue weighted by molar-refractivity contribution is 7.90. The van der Waals surface area contributed by atoms with E-state index in [2.05, 4.69) is 34.3 Å². The number of alkyl halides is 3. The summed E-state index contributed by atoms with van der Waals surface area (Å²) in [5.74, 6) is 6.19. The predicted octanol–water partition coefficient (Wildman–Crippen LogP) is 6.30. The number of anilines is 2. The lowest BCUT2D eigenvalue weighted by Gasteiger charge is -2.60. The standard InChI is InChI=1S/C35H43F3N4O4S/c1-33(41-22-34(23-41)15-18-46-19-16-34)13-11-25(12-14-33)40-29-7-4-8-31-28(29)20-26(42(31)24-35(36,37)38)6-5-17-39-30-10-9-27(47(3,43)44)21-32(30)45-2/h4,7-10,20-21,25,39-40H,11-19,22-24H2,1-3H3/t25-,33+. The summed E-state index contributed by atoms with van der Waals surface area (Å²) >= 11 is 0. The number of aromatic nitrogens is 1. The van der Waals surface area contributed by atoms with Crippen molar-refractivity contribution in [3.63, 3.8) is 0 Å². The average molecular weight is 673 g/mol. The van der Waals surface area contributed by atoms with Gasteiger partial charge in [0.05, 0.1) is 35.4 Å². The molecular formula is C35H43F3N4O4S. The highest BCUT2D eigenvalue weighted by Crippen LogP contribution is 2.47. The summed E-state index contributed by atoms with van der Waals surface area (Å²) in [4.78, 5) is 2.78. The molecule has 1 aliphatic carbocycles. The molecule has 0 bridgehead atoms. The quantitative estimate of drug-likeness (QED) is 0.272. The van der Waals surface area contributed by atoms with Crippen LogP contribution >= 0.6 is 0 Å². The minimum absolute atomic E-state index is 0.111. The van der Waals surface area contributed by atoms with Crippen LogP contribution in [-0.4, -0.2) is 81.9 Å². The van der Waals surface area contributed by atoms with Crippen LogP contribution in [0.4, 0.5) is 24.5 Å². The van der Waals surface area contributed by atoms with Gasteiger partial charge < -0.3 is 24.7 Å². The van der Waals surface area contributed by atoms with Crippen molar-refractivity contribution in [2.75, 3.05) is 56.8 Å². The van der Waals surface area contributed by atoms with E-state index < -0.39 is 22.6 Å². The molecule has 3 aromatic rings. The van der Waals surface area contributed by atoms with Crippen LogP contribution in [-0.2, 0) is 21.1 Å². The van der Waals surface area contributed by atoms with E-state index in [-0.39, 0.29) is 28.7 Å². The molecule has 2 aliphatic heterocycles. The van der Waals surface area contributed by atoms with Crippen LogP contribution in [0.2, 0.25) is 0 Å². The summed E-state index contributed by atoms with van der Waals surface area (Å²) in [5.41, 5.74) is 2.70. The third kappa shape index (κ3) is 7.37. The van der Waals surface area contributed by atoms with E-state index in [1.54, 1.807) is 24.3 Å². The van der Waals surface area contributed by atoms with E-state index >= 15 is 0 Å². The lowest BCUT2D eigenvalue weighted by Crippen LogP contribution is -2.66. The van der Waals surface area contributed by atoms with E-state index in [0.717, 1.165) is 76.8 Å². The third-order valence-corrected chi connectivity index (χ3v) is 11.4. The number of halogens is 3. The Morgan fingerprint density at radius 1 is 1.04 bits per heavy atom. The highest BCUT2D eigenvalue weighted by Gasteiger charge is 2.50. The molecule has 2 N–H and O–H groups in total. The van der Waals surface area contributed by atoms with E-state index in [0.29, 0.717) is 27.8 Å². The van der Waals surface area contributed by atoms with Gasteiger partial charge in [0.2, 0.25) is 0 Å². The molecule has 8 nitrogen and oxygen atoms in total. The van der Waals surface area contributed by atoms with Gasteiger partial charge in [-0.1, -0.05) is 12.0 Å². The van der Waals surface area contributed by atoms with Crippen molar-refractivity contribution in [1.29, 1.82) is 0 Å². The number of ether oxygens (including phenoxy) is 2. The maximum atomic E-state index is 13.7. The van der Waals surface area contributed by atoms with Crippen molar-refractivity contribution in [3.8, 4) is 17.6 Å². The van der Waals surface area contributed by atoms with Crippen LogP contribution in [0, 0.1) is 17.3 Å². The summed E-state index contributed by atoms with van der Waals surface area (Å²) in [7, 11) is -1.98. The maximum absolute atomic E-state index is 13.7. The van der Waals surface area contributed by atoms with Gasteiger partial charge in [-0.15, -0.1) is 0 Å². The van der Waals surface area contributed by atoms with E-state index in [1.165, 1.54) is 23.8 Å². The van der Waals surface area contributed by atoms with Gasteiger partial charge >= 0.3 is 6.18 Å². The Kier molecular flexibility index (Phi) is 9.19. The van der Waals surface area contributed by atoms with Gasteiger partial charge in [0.1, 0.15) is 12.3 Å². The number of fused-ring (bicyclic) bond motifs is 1. The largest absolute Gasteiger partial charge is 0.495 e. The first-order valence-corrected chi connectivity index (χ1v) is 18.1. The Balaban J connectivity index is 1.15. The number of sulfone groups is 1. The minimum atomic E-state index is -4.42. The molecule has 0 unspecified atom stereocenters. The van der Waals surface area contributed by atoms with Crippen LogP contribution in [0.1, 0.15) is 51.1 Å². The molecule has 0 atom stereocenters. The number of likely N-dealkylation sites (tertiary alicyclic amines) is 1. The highest BCUT2D eigenvalue weighted by atomic mass is 32.2. The zero-order valence-corrected chi connectivity index (χ0v) is 28.0. The van der Waals surface area contributed by atoms with Crippen LogP contribution < -0.4 is 15.4 Å². The molecule has 47 heavy (non-hydrogen) atoms. The van der Waals surface area contributed by atoms with Crippen molar-refractivity contribution < 1.29 is 31.1 Å². The fourth-order valence-corrected chi connectivity index (χ4v) is 8.01. The van der Waals surface area contributed by atoms with Crippen molar-refractivity contribution >= 4 is 32.1 Å². The number of rotatable bonds is 8. The molecule has 0 amide bonds. The average Bonchev–Trinajstić information content (AvgIpc) is 3.35. The number of nitrogens with zero attached hydrogens (tertiary/aromatic N) is 2. The smallest absolute Gasteiger partial charge is 0.406 e. The SMILES string of the molecule is COc1cc(S(C)(=O)=O)ccc1NCC#Cc1cc2c(N[C@H]3CC[C@@](C)(N4CC5(CCOCC5)C4)CC3)cccc2n1CC(F)(F)F. The van der Waals surface area contributed by atoms with E-state index in [1.807, 2.05) is 6.07 Å². The Labute approximate surface area is 274 Å². The second kappa shape index (κ2) is 12.9. The van der Waals surface area contributed by atoms with Gasteiger partial charge in [-0.05, 0) is 81.7 Å². The first kappa shape index (κ1) is 33.5. The van der Waals surface area contributed by atoms with Crippen molar-refractivity contribution in [2.45, 2.75) is 74.6 Å². The molecule has 2 aromatic carbocycles. The summed E-state index contributed by atoms with van der Waals surface area (Å²) in [6, 6.07) is 11.9. The monoisotopic (exact) mass is 672 g/mol. The predicted molar refractivity (Wildman–Crippen MR) is 178 cm³/mol. The topological polar surface area (TPSA) is 84.8 Å². The number of nitrogens with one attached hydrogen (secondary N) is 2. The van der Waals surface area contributed by atoms with Crippen molar-refractivity contribution in [2.24, 2.45) is 5.41 Å². The molecular weight excluding hydrogens is 629 g/mol. The molecule has 6 rings (SSSR count). The van der Waals surface area contributed by atoms with E-state index in [4.69, 9.17) is 9.47 Å². The second-order valence-electron chi connectivity index (χ2n) is 13.6. The molecule has 3 fully saturated rings. The molecule has 1 aromatic heterocycles. The van der Waals surface area contributed by atoms with Gasteiger partial charge in [0.25, 0.3) is 0 Å². The van der Waals surface area contributed by atoms with Crippen LogP contribution in [0.25, 0.3) is 10.9 Å². The summed E-state index contributed by atoms with van der Waals surface area (Å²) < 4.78 is 77.1. The molecule has 1 saturated carbocycles.